The molecular formula is C15H21F3O3S. The highest BCUT2D eigenvalue weighted by Gasteiger charge is 2.67. The lowest BCUT2D eigenvalue weighted by Crippen LogP contribution is -2.61. The van der Waals surface area contributed by atoms with Crippen LogP contribution in [0.25, 0.3) is 0 Å². The third kappa shape index (κ3) is 3.63. The zero-order valence-corrected chi connectivity index (χ0v) is 13.9. The van der Waals surface area contributed by atoms with Crippen LogP contribution in [0, 0.1) is 12.8 Å². The van der Waals surface area contributed by atoms with Gasteiger partial charge in [-0.1, -0.05) is 31.5 Å². The molecule has 0 aliphatic heterocycles. The highest BCUT2D eigenvalue weighted by molar-refractivity contribution is 7.86. The molecule has 1 aromatic carbocycles. The normalized spacial score (nSPS) is 26.6. The van der Waals surface area contributed by atoms with Crippen molar-refractivity contribution in [1.29, 1.82) is 0 Å². The van der Waals surface area contributed by atoms with Crippen LogP contribution in [0.5, 0.6) is 0 Å². The SMILES string of the molecule is CC.Cc1ccc(S(=O)(=O)OCC2CC(C)(F)C2(F)F)cc1. The number of rotatable bonds is 4. The molecule has 0 bridgehead atoms. The molecule has 1 aromatic rings. The molecule has 2 atom stereocenters. The molecule has 2 rings (SSSR count). The molecule has 1 saturated carbocycles. The average Bonchev–Trinajstić information content (AvgIpc) is 2.46. The summed E-state index contributed by atoms with van der Waals surface area (Å²) in [6, 6.07) is 5.82. The summed E-state index contributed by atoms with van der Waals surface area (Å²) in [4.78, 5) is -0.103. The lowest BCUT2D eigenvalue weighted by Gasteiger charge is -2.46. The van der Waals surface area contributed by atoms with Crippen LogP contribution in [0.3, 0.4) is 0 Å². The van der Waals surface area contributed by atoms with Crippen molar-refractivity contribution in [3.8, 4) is 0 Å². The molecule has 1 aliphatic carbocycles. The molecule has 0 aromatic heterocycles. The van der Waals surface area contributed by atoms with Gasteiger partial charge in [0.25, 0.3) is 16.0 Å². The summed E-state index contributed by atoms with van der Waals surface area (Å²) in [7, 11) is -4.09. The zero-order chi connectivity index (χ0) is 17.2. The predicted octanol–water partition coefficient (Wildman–Crippen LogP) is 4.11. The summed E-state index contributed by atoms with van der Waals surface area (Å²) < 4.78 is 68.2. The Hall–Kier alpha value is -1.08. The van der Waals surface area contributed by atoms with Gasteiger partial charge in [0.05, 0.1) is 17.4 Å². The van der Waals surface area contributed by atoms with Crippen molar-refractivity contribution in [2.75, 3.05) is 6.61 Å². The van der Waals surface area contributed by atoms with Gasteiger partial charge in [0.2, 0.25) is 0 Å². The van der Waals surface area contributed by atoms with Gasteiger partial charge < -0.3 is 0 Å². The van der Waals surface area contributed by atoms with Crippen LogP contribution in [0.1, 0.15) is 32.8 Å². The minimum Gasteiger partial charge on any atom is -0.266 e. The molecular weight excluding hydrogens is 317 g/mol. The van der Waals surface area contributed by atoms with Gasteiger partial charge in [0.15, 0.2) is 5.67 Å². The minimum atomic E-state index is -4.09. The van der Waals surface area contributed by atoms with Gasteiger partial charge in [-0.25, -0.2) is 13.2 Å². The highest BCUT2D eigenvalue weighted by Crippen LogP contribution is 2.54. The first kappa shape index (κ1) is 19.0. The zero-order valence-electron chi connectivity index (χ0n) is 13.1. The lowest BCUT2D eigenvalue weighted by atomic mass is 9.70. The van der Waals surface area contributed by atoms with E-state index in [0.717, 1.165) is 12.5 Å². The monoisotopic (exact) mass is 338 g/mol. The summed E-state index contributed by atoms with van der Waals surface area (Å²) in [5.74, 6) is -4.98. The van der Waals surface area contributed by atoms with Gasteiger partial charge in [-0.05, 0) is 32.4 Å². The molecule has 0 saturated heterocycles. The first-order valence-electron chi connectivity index (χ1n) is 7.09. The van der Waals surface area contributed by atoms with Gasteiger partial charge in [-0.15, -0.1) is 0 Å². The van der Waals surface area contributed by atoms with Gasteiger partial charge in [-0.2, -0.15) is 8.42 Å². The van der Waals surface area contributed by atoms with Crippen molar-refractivity contribution in [2.45, 2.75) is 50.6 Å². The van der Waals surface area contributed by atoms with Crippen molar-refractivity contribution < 1.29 is 25.8 Å². The molecule has 2 unspecified atom stereocenters. The van der Waals surface area contributed by atoms with Crippen LogP contribution in [-0.2, 0) is 14.3 Å². The van der Waals surface area contributed by atoms with E-state index < -0.39 is 40.7 Å². The molecule has 1 fully saturated rings. The molecule has 0 radical (unpaired) electrons. The number of halogens is 3. The van der Waals surface area contributed by atoms with E-state index in [1.165, 1.54) is 12.1 Å². The van der Waals surface area contributed by atoms with Crippen LogP contribution in [0.2, 0.25) is 0 Å². The summed E-state index contributed by atoms with van der Waals surface area (Å²) >= 11 is 0. The van der Waals surface area contributed by atoms with E-state index in [-0.39, 0.29) is 4.90 Å². The number of alkyl halides is 3. The molecule has 0 spiro atoms. The topological polar surface area (TPSA) is 43.4 Å². The van der Waals surface area contributed by atoms with Gasteiger partial charge >= 0.3 is 0 Å². The van der Waals surface area contributed by atoms with Crippen LogP contribution in [0.15, 0.2) is 29.2 Å². The highest BCUT2D eigenvalue weighted by atomic mass is 32.2. The number of benzene rings is 1. The van der Waals surface area contributed by atoms with Crippen LogP contribution >= 0.6 is 0 Å². The molecule has 3 nitrogen and oxygen atoms in total. The number of hydrogen-bond acceptors (Lipinski definition) is 3. The maximum absolute atomic E-state index is 13.4. The fourth-order valence-corrected chi connectivity index (χ4v) is 3.08. The van der Waals surface area contributed by atoms with E-state index in [0.29, 0.717) is 0 Å². The average molecular weight is 338 g/mol. The molecule has 126 valence electrons. The van der Waals surface area contributed by atoms with Gasteiger partial charge in [0, 0.05) is 0 Å². The first-order valence-corrected chi connectivity index (χ1v) is 8.50. The van der Waals surface area contributed by atoms with Crippen LogP contribution < -0.4 is 0 Å². The van der Waals surface area contributed by atoms with Crippen molar-refractivity contribution in [1.82, 2.24) is 0 Å². The van der Waals surface area contributed by atoms with Crippen molar-refractivity contribution in [3.05, 3.63) is 29.8 Å². The summed E-state index contributed by atoms with van der Waals surface area (Å²) in [5.41, 5.74) is -1.73. The number of aryl methyl sites for hydroxylation is 1. The first-order chi connectivity index (χ1) is 10.1. The summed E-state index contributed by atoms with van der Waals surface area (Å²) in [5, 5.41) is 0. The van der Waals surface area contributed by atoms with Crippen LogP contribution in [0.4, 0.5) is 13.2 Å². The van der Waals surface area contributed by atoms with Crippen molar-refractivity contribution in [2.24, 2.45) is 5.92 Å². The Bertz CT molecular complexity index is 595. The Balaban J connectivity index is 0.00000116. The lowest BCUT2D eigenvalue weighted by molar-refractivity contribution is -0.253. The molecule has 0 heterocycles. The fraction of sp³-hybridized carbons (Fsp3) is 0.600. The quantitative estimate of drug-likeness (QED) is 0.776. The second-order valence-corrected chi connectivity index (χ2v) is 6.89. The van der Waals surface area contributed by atoms with E-state index >= 15 is 0 Å². The van der Waals surface area contributed by atoms with E-state index in [2.05, 4.69) is 4.18 Å². The van der Waals surface area contributed by atoms with Gasteiger partial charge in [-0.3, -0.25) is 4.18 Å². The minimum absolute atomic E-state index is 0.103. The Kier molecular flexibility index (Phi) is 5.67. The largest absolute Gasteiger partial charge is 0.296 e. The molecule has 22 heavy (non-hydrogen) atoms. The van der Waals surface area contributed by atoms with E-state index in [1.807, 2.05) is 13.8 Å². The van der Waals surface area contributed by atoms with E-state index in [1.54, 1.807) is 19.1 Å². The summed E-state index contributed by atoms with van der Waals surface area (Å²) in [6.45, 7) is 5.87. The molecule has 0 N–H and O–H groups in total. The number of hydrogen-bond donors (Lipinski definition) is 0. The Morgan fingerprint density at radius 2 is 1.68 bits per heavy atom. The second-order valence-electron chi connectivity index (χ2n) is 5.27. The standard InChI is InChI=1S/C13H15F3O3S.C2H6/c1-9-3-5-11(6-4-9)20(17,18)19-8-10-7-12(2,14)13(10,15)16;1-2/h3-6,10H,7-8H2,1-2H3;1-2H3. The third-order valence-electron chi connectivity index (χ3n) is 3.57. The van der Waals surface area contributed by atoms with Crippen molar-refractivity contribution in [3.63, 3.8) is 0 Å². The second kappa shape index (κ2) is 6.58. The summed E-state index contributed by atoms with van der Waals surface area (Å²) in [6.07, 6.45) is -0.413. The Labute approximate surface area is 129 Å². The molecule has 7 heteroatoms. The molecule has 1 aliphatic rings. The Morgan fingerprint density at radius 3 is 2.09 bits per heavy atom. The smallest absolute Gasteiger partial charge is 0.266 e. The fourth-order valence-electron chi connectivity index (χ4n) is 2.13. The van der Waals surface area contributed by atoms with Crippen LogP contribution in [-0.4, -0.2) is 26.6 Å². The maximum Gasteiger partial charge on any atom is 0.296 e. The van der Waals surface area contributed by atoms with Gasteiger partial charge in [0.1, 0.15) is 0 Å². The van der Waals surface area contributed by atoms with E-state index in [9.17, 15) is 21.6 Å². The Morgan fingerprint density at radius 1 is 1.18 bits per heavy atom. The van der Waals surface area contributed by atoms with E-state index in [4.69, 9.17) is 0 Å². The predicted molar refractivity (Wildman–Crippen MR) is 78.2 cm³/mol. The maximum atomic E-state index is 13.4. The third-order valence-corrected chi connectivity index (χ3v) is 4.87. The van der Waals surface area contributed by atoms with Crippen molar-refractivity contribution >= 4 is 10.1 Å². The molecule has 0 amide bonds.